The van der Waals surface area contributed by atoms with Gasteiger partial charge in [0, 0.05) is 12.3 Å². The van der Waals surface area contributed by atoms with Crippen LogP contribution in [-0.4, -0.2) is 40.6 Å². The molecule has 0 aromatic rings. The maximum atomic E-state index is 13.7. The van der Waals surface area contributed by atoms with E-state index in [1.807, 2.05) is 0 Å². The van der Waals surface area contributed by atoms with E-state index in [4.69, 9.17) is 4.74 Å². The summed E-state index contributed by atoms with van der Waals surface area (Å²) in [6.45, 7) is 10.3. The molecule has 0 unspecified atom stereocenters. The second kappa shape index (κ2) is 5.10. The van der Waals surface area contributed by atoms with Crippen molar-refractivity contribution in [1.82, 2.24) is 4.90 Å². The Kier molecular flexibility index (Phi) is 4.27. The summed E-state index contributed by atoms with van der Waals surface area (Å²) >= 11 is 0. The van der Waals surface area contributed by atoms with Crippen LogP contribution in [0.2, 0.25) is 0 Å². The molecule has 0 N–H and O–H groups in total. The van der Waals surface area contributed by atoms with E-state index in [2.05, 4.69) is 0 Å². The lowest BCUT2D eigenvalue weighted by Crippen LogP contribution is -2.53. The first kappa shape index (κ1) is 15.9. The summed E-state index contributed by atoms with van der Waals surface area (Å²) in [6.07, 6.45) is -1.76. The number of carbonyl (C=O) groups excluding carboxylic acids is 2. The summed E-state index contributed by atoms with van der Waals surface area (Å²) in [5, 5.41) is 0. The number of likely N-dealkylation sites (tertiary alicyclic amines) is 1. The van der Waals surface area contributed by atoms with E-state index in [-0.39, 0.29) is 24.7 Å². The maximum absolute atomic E-state index is 13.7. The topological polar surface area (TPSA) is 46.6 Å². The summed E-state index contributed by atoms with van der Waals surface area (Å²) in [5.41, 5.74) is -1.76. The molecule has 1 aliphatic heterocycles. The predicted octanol–water partition coefficient (Wildman–Crippen LogP) is 2.95. The van der Waals surface area contributed by atoms with E-state index >= 15 is 0 Å². The van der Waals surface area contributed by atoms with Gasteiger partial charge in [0.25, 0.3) is 0 Å². The average molecular weight is 273 g/mol. The fourth-order valence-electron chi connectivity index (χ4n) is 2.45. The summed E-state index contributed by atoms with van der Waals surface area (Å²) in [4.78, 5) is 25.7. The van der Waals surface area contributed by atoms with Crippen LogP contribution in [0.1, 0.15) is 48.0 Å². The fraction of sp³-hybridized carbons (Fsp3) is 0.857. The maximum Gasteiger partial charge on any atom is 0.411 e. The van der Waals surface area contributed by atoms with Crippen molar-refractivity contribution in [2.45, 2.75) is 65.3 Å². The number of carbonyl (C=O) groups is 2. The molecule has 1 fully saturated rings. The third-order valence-electron chi connectivity index (χ3n) is 3.26. The standard InChI is InChI=1S/C14H24FNO3/c1-9(2)11(17)14(6)7-10(15)8-16(14)12(18)19-13(3,4)5/h9-10H,7-8H2,1-6H3/t10-,14-/m0/s1. The molecular weight excluding hydrogens is 249 g/mol. The summed E-state index contributed by atoms with van der Waals surface area (Å²) in [5.74, 6) is -0.376. The highest BCUT2D eigenvalue weighted by Gasteiger charge is 2.51. The first-order valence-electron chi connectivity index (χ1n) is 6.66. The van der Waals surface area contributed by atoms with Crippen LogP contribution >= 0.6 is 0 Å². The highest BCUT2D eigenvalue weighted by molar-refractivity contribution is 5.93. The minimum absolute atomic E-state index is 0.0449. The Morgan fingerprint density at radius 3 is 2.32 bits per heavy atom. The van der Waals surface area contributed by atoms with Gasteiger partial charge in [-0.1, -0.05) is 13.8 Å². The number of halogens is 1. The van der Waals surface area contributed by atoms with Gasteiger partial charge in [-0.2, -0.15) is 0 Å². The Hall–Kier alpha value is -1.13. The molecule has 1 aliphatic rings. The molecule has 4 nitrogen and oxygen atoms in total. The lowest BCUT2D eigenvalue weighted by molar-refractivity contribution is -0.131. The first-order chi connectivity index (χ1) is 8.47. The molecule has 1 rings (SSSR count). The van der Waals surface area contributed by atoms with Crippen molar-refractivity contribution in [3.8, 4) is 0 Å². The minimum Gasteiger partial charge on any atom is -0.444 e. The zero-order valence-electron chi connectivity index (χ0n) is 12.6. The number of amides is 1. The van der Waals surface area contributed by atoms with Crippen molar-refractivity contribution < 1.29 is 18.7 Å². The molecule has 0 spiro atoms. The van der Waals surface area contributed by atoms with Crippen molar-refractivity contribution >= 4 is 11.9 Å². The van der Waals surface area contributed by atoms with Crippen LogP contribution in [0, 0.1) is 5.92 Å². The van der Waals surface area contributed by atoms with Crippen molar-refractivity contribution in [2.75, 3.05) is 6.54 Å². The molecule has 5 heteroatoms. The third-order valence-corrected chi connectivity index (χ3v) is 3.26. The lowest BCUT2D eigenvalue weighted by atomic mass is 9.86. The van der Waals surface area contributed by atoms with Crippen molar-refractivity contribution in [3.05, 3.63) is 0 Å². The Balaban J connectivity index is 2.97. The zero-order chi connectivity index (χ0) is 15.0. The van der Waals surface area contributed by atoms with E-state index in [1.54, 1.807) is 41.5 Å². The van der Waals surface area contributed by atoms with E-state index in [1.165, 1.54) is 4.90 Å². The predicted molar refractivity (Wildman–Crippen MR) is 70.7 cm³/mol. The van der Waals surface area contributed by atoms with Gasteiger partial charge in [-0.25, -0.2) is 9.18 Å². The van der Waals surface area contributed by atoms with E-state index in [9.17, 15) is 14.0 Å². The summed E-state index contributed by atoms with van der Waals surface area (Å²) < 4.78 is 18.9. The van der Waals surface area contributed by atoms with Crippen LogP contribution in [-0.2, 0) is 9.53 Å². The molecule has 1 heterocycles. The van der Waals surface area contributed by atoms with Gasteiger partial charge >= 0.3 is 6.09 Å². The van der Waals surface area contributed by atoms with E-state index in [0.29, 0.717) is 0 Å². The molecule has 0 bridgehead atoms. The Morgan fingerprint density at radius 2 is 1.89 bits per heavy atom. The smallest absolute Gasteiger partial charge is 0.411 e. The largest absolute Gasteiger partial charge is 0.444 e. The minimum atomic E-state index is -1.18. The zero-order valence-corrected chi connectivity index (χ0v) is 12.6. The van der Waals surface area contributed by atoms with E-state index < -0.39 is 23.4 Å². The molecule has 0 aromatic heterocycles. The van der Waals surface area contributed by atoms with Gasteiger partial charge < -0.3 is 4.74 Å². The van der Waals surface area contributed by atoms with Crippen LogP contribution in [0.15, 0.2) is 0 Å². The fourth-order valence-corrected chi connectivity index (χ4v) is 2.45. The Labute approximate surface area is 114 Å². The number of nitrogens with zero attached hydrogens (tertiary/aromatic N) is 1. The Morgan fingerprint density at radius 1 is 1.37 bits per heavy atom. The second-order valence-corrected chi connectivity index (χ2v) is 6.69. The van der Waals surface area contributed by atoms with Gasteiger partial charge in [-0.15, -0.1) is 0 Å². The highest BCUT2D eigenvalue weighted by atomic mass is 19.1. The molecule has 110 valence electrons. The number of rotatable bonds is 2. The van der Waals surface area contributed by atoms with Crippen LogP contribution in [0.25, 0.3) is 0 Å². The van der Waals surface area contributed by atoms with Gasteiger partial charge in [-0.3, -0.25) is 9.69 Å². The lowest BCUT2D eigenvalue weighted by Gasteiger charge is -2.35. The monoisotopic (exact) mass is 273 g/mol. The number of hydrogen-bond donors (Lipinski definition) is 0. The molecule has 0 aliphatic carbocycles. The quantitative estimate of drug-likeness (QED) is 0.777. The molecule has 0 aromatic carbocycles. The first-order valence-corrected chi connectivity index (χ1v) is 6.66. The number of ketones is 1. The molecule has 0 radical (unpaired) electrons. The van der Waals surface area contributed by atoms with Gasteiger partial charge in [-0.05, 0) is 27.7 Å². The van der Waals surface area contributed by atoms with Crippen molar-refractivity contribution in [2.24, 2.45) is 5.92 Å². The molecule has 2 atom stereocenters. The number of hydrogen-bond acceptors (Lipinski definition) is 3. The third kappa shape index (κ3) is 3.45. The number of ether oxygens (including phenoxy) is 1. The number of alkyl halides is 1. The highest BCUT2D eigenvalue weighted by Crippen LogP contribution is 2.35. The van der Waals surface area contributed by atoms with Crippen LogP contribution in [0.5, 0.6) is 0 Å². The van der Waals surface area contributed by atoms with Crippen molar-refractivity contribution in [1.29, 1.82) is 0 Å². The molecule has 19 heavy (non-hydrogen) atoms. The van der Waals surface area contributed by atoms with Gasteiger partial charge in [0.05, 0.1) is 6.54 Å². The molecular formula is C14H24FNO3. The van der Waals surface area contributed by atoms with Gasteiger partial charge in [0.15, 0.2) is 5.78 Å². The number of Topliss-reactive ketones (excluding diaryl/α,β-unsaturated/α-hetero) is 1. The molecule has 1 saturated heterocycles. The van der Waals surface area contributed by atoms with Crippen LogP contribution in [0.4, 0.5) is 9.18 Å². The van der Waals surface area contributed by atoms with Crippen molar-refractivity contribution in [3.63, 3.8) is 0 Å². The second-order valence-electron chi connectivity index (χ2n) is 6.69. The molecule has 1 amide bonds. The summed E-state index contributed by atoms with van der Waals surface area (Å²) in [6, 6.07) is 0. The van der Waals surface area contributed by atoms with E-state index in [0.717, 1.165) is 0 Å². The summed E-state index contributed by atoms with van der Waals surface area (Å²) in [7, 11) is 0. The average Bonchev–Trinajstić information content (AvgIpc) is 2.51. The molecule has 0 saturated carbocycles. The van der Waals surface area contributed by atoms with Crippen LogP contribution < -0.4 is 0 Å². The van der Waals surface area contributed by atoms with Gasteiger partial charge in [0.1, 0.15) is 17.3 Å². The normalized spacial score (nSPS) is 27.8. The SMILES string of the molecule is CC(C)C(=O)[C@]1(C)C[C@H](F)CN1C(=O)OC(C)(C)C. The Bertz CT molecular complexity index is 375. The van der Waals surface area contributed by atoms with Gasteiger partial charge in [0.2, 0.25) is 0 Å². The van der Waals surface area contributed by atoms with Crippen LogP contribution in [0.3, 0.4) is 0 Å².